The number of aryl methyl sites for hydroxylation is 1. The Morgan fingerprint density at radius 2 is 1.60 bits per heavy atom. The molecule has 0 unspecified atom stereocenters. The molecule has 0 atom stereocenters. The van der Waals surface area contributed by atoms with Gasteiger partial charge in [-0.2, -0.15) is 13.2 Å². The zero-order valence-corrected chi connectivity index (χ0v) is 20.8. The number of carbonyl (C=O) groups is 1. The Kier molecular flexibility index (Phi) is 7.81. The lowest BCUT2D eigenvalue weighted by Gasteiger charge is -2.25. The molecule has 1 N–H and O–H groups in total. The van der Waals surface area contributed by atoms with Gasteiger partial charge in [-0.3, -0.25) is 9.10 Å². The van der Waals surface area contributed by atoms with Crippen LogP contribution in [0.2, 0.25) is 5.02 Å². The quantitative estimate of drug-likeness (QED) is 0.377. The van der Waals surface area contributed by atoms with E-state index in [2.05, 4.69) is 5.32 Å². The molecule has 0 fully saturated rings. The van der Waals surface area contributed by atoms with Gasteiger partial charge in [0.25, 0.3) is 10.0 Å². The third-order valence-electron chi connectivity index (χ3n) is 5.30. The molecule has 0 saturated carbocycles. The normalized spacial score (nSPS) is 12.0. The molecule has 3 aromatic rings. The lowest BCUT2D eigenvalue weighted by Crippen LogP contribution is -2.38. The smallest absolute Gasteiger partial charge is 0.325 e. The summed E-state index contributed by atoms with van der Waals surface area (Å²) >= 11 is 5.71. The molecule has 1 amide bonds. The molecule has 186 valence electrons. The maximum atomic E-state index is 13.5. The Balaban J connectivity index is 2.00. The largest absolute Gasteiger partial charge is 0.417 e. The Morgan fingerprint density at radius 3 is 2.14 bits per heavy atom. The molecule has 0 aliphatic carbocycles. The standard InChI is InChI=1S/C25H24ClF3N2O3S/c1-16(2)18-6-8-19(9-7-18)30-24(32)15-31(35(33,34)21-11-4-17(3)5-12-21)20-10-13-23(26)22(14-20)25(27,28)29/h4-14,16H,15H2,1-3H3,(H,30,32). The summed E-state index contributed by atoms with van der Waals surface area (Å²) in [6.07, 6.45) is -4.81. The SMILES string of the molecule is Cc1ccc(S(=O)(=O)N(CC(=O)Nc2ccc(C(C)C)cc2)c2ccc(Cl)c(C(F)(F)F)c2)cc1. The molecule has 3 aromatic carbocycles. The van der Waals surface area contributed by atoms with Crippen molar-refractivity contribution in [1.29, 1.82) is 0 Å². The first-order valence-electron chi connectivity index (χ1n) is 10.6. The number of rotatable bonds is 7. The van der Waals surface area contributed by atoms with Gasteiger partial charge in [-0.25, -0.2) is 8.42 Å². The second-order valence-corrected chi connectivity index (χ2v) is 10.6. The number of benzene rings is 3. The summed E-state index contributed by atoms with van der Waals surface area (Å²) in [4.78, 5) is 12.7. The van der Waals surface area contributed by atoms with E-state index >= 15 is 0 Å². The average Bonchev–Trinajstić information content (AvgIpc) is 2.78. The lowest BCUT2D eigenvalue weighted by molar-refractivity contribution is -0.137. The number of alkyl halides is 3. The molecular formula is C25H24ClF3N2O3S. The predicted octanol–water partition coefficient (Wildman–Crippen LogP) is 6.62. The molecule has 0 spiro atoms. The second kappa shape index (κ2) is 10.3. The average molecular weight is 525 g/mol. The lowest BCUT2D eigenvalue weighted by atomic mass is 10.0. The van der Waals surface area contributed by atoms with Crippen molar-refractivity contribution in [2.45, 2.75) is 37.8 Å². The Bertz CT molecular complexity index is 1310. The zero-order valence-electron chi connectivity index (χ0n) is 19.2. The molecule has 0 bridgehead atoms. The van der Waals surface area contributed by atoms with Crippen LogP contribution in [0.1, 0.15) is 36.5 Å². The van der Waals surface area contributed by atoms with E-state index in [0.717, 1.165) is 23.3 Å². The van der Waals surface area contributed by atoms with E-state index in [1.54, 1.807) is 31.2 Å². The van der Waals surface area contributed by atoms with Gasteiger partial charge in [0.15, 0.2) is 0 Å². The van der Waals surface area contributed by atoms with Gasteiger partial charge in [0.05, 0.1) is 21.2 Å². The van der Waals surface area contributed by atoms with Crippen LogP contribution in [0.5, 0.6) is 0 Å². The number of halogens is 4. The Labute approximate surface area is 207 Å². The van der Waals surface area contributed by atoms with Crippen molar-refractivity contribution >= 4 is 38.9 Å². The topological polar surface area (TPSA) is 66.5 Å². The summed E-state index contributed by atoms with van der Waals surface area (Å²) in [7, 11) is -4.39. The third-order valence-corrected chi connectivity index (χ3v) is 7.42. The first-order chi connectivity index (χ1) is 16.3. The van der Waals surface area contributed by atoms with E-state index in [4.69, 9.17) is 11.6 Å². The van der Waals surface area contributed by atoms with Crippen LogP contribution >= 0.6 is 11.6 Å². The van der Waals surface area contributed by atoms with E-state index in [1.807, 2.05) is 26.0 Å². The number of carbonyl (C=O) groups excluding carboxylic acids is 1. The second-order valence-electron chi connectivity index (χ2n) is 8.31. The van der Waals surface area contributed by atoms with E-state index in [0.29, 0.717) is 16.1 Å². The Morgan fingerprint density at radius 1 is 1.00 bits per heavy atom. The van der Waals surface area contributed by atoms with E-state index in [1.165, 1.54) is 12.1 Å². The fourth-order valence-electron chi connectivity index (χ4n) is 3.32. The van der Waals surface area contributed by atoms with Crippen molar-refractivity contribution in [3.05, 3.63) is 88.4 Å². The number of hydrogen-bond donors (Lipinski definition) is 1. The molecule has 10 heteroatoms. The molecule has 0 heterocycles. The minimum absolute atomic E-state index is 0.166. The minimum atomic E-state index is -4.81. The molecule has 0 aliphatic rings. The fraction of sp³-hybridized carbons (Fsp3) is 0.240. The molecule has 0 radical (unpaired) electrons. The van der Waals surface area contributed by atoms with Gasteiger partial charge >= 0.3 is 6.18 Å². The number of nitrogens with one attached hydrogen (secondary N) is 1. The van der Waals surface area contributed by atoms with Gasteiger partial charge in [0.1, 0.15) is 6.54 Å². The van der Waals surface area contributed by atoms with Crippen LogP contribution in [0.15, 0.2) is 71.6 Å². The van der Waals surface area contributed by atoms with Gasteiger partial charge in [-0.15, -0.1) is 0 Å². The van der Waals surface area contributed by atoms with Crippen molar-refractivity contribution in [1.82, 2.24) is 0 Å². The van der Waals surface area contributed by atoms with Gasteiger partial charge in [0.2, 0.25) is 5.91 Å². The minimum Gasteiger partial charge on any atom is -0.325 e. The molecule has 3 rings (SSSR count). The monoisotopic (exact) mass is 524 g/mol. The van der Waals surface area contributed by atoms with Crippen LogP contribution in [0, 0.1) is 6.92 Å². The van der Waals surface area contributed by atoms with Crippen LogP contribution in [-0.4, -0.2) is 20.9 Å². The van der Waals surface area contributed by atoms with Gasteiger partial charge in [-0.1, -0.05) is 55.3 Å². The third kappa shape index (κ3) is 6.35. The first kappa shape index (κ1) is 26.6. The predicted molar refractivity (Wildman–Crippen MR) is 131 cm³/mol. The molecule has 0 saturated heterocycles. The summed E-state index contributed by atoms with van der Waals surface area (Å²) in [5.74, 6) is -0.441. The van der Waals surface area contributed by atoms with Crippen LogP contribution in [-0.2, 0) is 21.0 Å². The van der Waals surface area contributed by atoms with Crippen LogP contribution < -0.4 is 9.62 Å². The highest BCUT2D eigenvalue weighted by molar-refractivity contribution is 7.92. The number of sulfonamides is 1. The number of amides is 1. The summed E-state index contributed by atoms with van der Waals surface area (Å²) in [6.45, 7) is 5.05. The number of anilines is 2. The molecule has 35 heavy (non-hydrogen) atoms. The van der Waals surface area contributed by atoms with Crippen molar-refractivity contribution < 1.29 is 26.4 Å². The highest BCUT2D eigenvalue weighted by atomic mass is 35.5. The van der Waals surface area contributed by atoms with Crippen LogP contribution in [0.25, 0.3) is 0 Å². The summed E-state index contributed by atoms with van der Waals surface area (Å²) in [6, 6.07) is 15.5. The van der Waals surface area contributed by atoms with Crippen molar-refractivity contribution in [2.24, 2.45) is 0 Å². The molecular weight excluding hydrogens is 501 g/mol. The molecule has 0 aromatic heterocycles. The Hall–Kier alpha value is -3.04. The summed E-state index contributed by atoms with van der Waals surface area (Å²) in [5.41, 5.74) is 0.730. The maximum Gasteiger partial charge on any atom is 0.417 e. The molecule has 5 nitrogen and oxygen atoms in total. The van der Waals surface area contributed by atoms with E-state index in [9.17, 15) is 26.4 Å². The summed E-state index contributed by atoms with van der Waals surface area (Å²) in [5, 5.41) is 2.02. The van der Waals surface area contributed by atoms with E-state index < -0.39 is 39.2 Å². The van der Waals surface area contributed by atoms with E-state index in [-0.39, 0.29) is 16.5 Å². The van der Waals surface area contributed by atoms with Gasteiger partial charge in [-0.05, 0) is 60.9 Å². The number of nitrogens with zero attached hydrogens (tertiary/aromatic N) is 1. The highest BCUT2D eigenvalue weighted by Crippen LogP contribution is 2.38. The fourth-order valence-corrected chi connectivity index (χ4v) is 4.96. The van der Waals surface area contributed by atoms with Gasteiger partial charge < -0.3 is 5.32 Å². The van der Waals surface area contributed by atoms with Crippen molar-refractivity contribution in [2.75, 3.05) is 16.2 Å². The first-order valence-corrected chi connectivity index (χ1v) is 12.5. The number of hydrogen-bond acceptors (Lipinski definition) is 3. The van der Waals surface area contributed by atoms with Gasteiger partial charge in [0, 0.05) is 5.69 Å². The van der Waals surface area contributed by atoms with Crippen molar-refractivity contribution in [3.8, 4) is 0 Å². The van der Waals surface area contributed by atoms with Crippen molar-refractivity contribution in [3.63, 3.8) is 0 Å². The molecule has 0 aliphatic heterocycles. The van der Waals surface area contributed by atoms with Crippen LogP contribution in [0.3, 0.4) is 0 Å². The highest BCUT2D eigenvalue weighted by Gasteiger charge is 2.35. The van der Waals surface area contributed by atoms with Crippen LogP contribution in [0.4, 0.5) is 24.5 Å². The maximum absolute atomic E-state index is 13.5. The zero-order chi connectivity index (χ0) is 26.0. The summed E-state index contributed by atoms with van der Waals surface area (Å²) < 4.78 is 67.9.